The van der Waals surface area contributed by atoms with Gasteiger partial charge in [-0.2, -0.15) is 0 Å². The molecule has 0 saturated carbocycles. The molecule has 0 aliphatic rings. The molecule has 0 saturated heterocycles. The summed E-state index contributed by atoms with van der Waals surface area (Å²) in [6, 6.07) is 4.64. The minimum absolute atomic E-state index is 0.275. The average Bonchev–Trinajstić information content (AvgIpc) is 2.90. The maximum Gasteiger partial charge on any atom is 0.271 e. The molecule has 6 heteroatoms. The standard InChI is InChI=1S/C14H16FN3OS/c1-8-3-4-10(5-11(8)15)9(2)17-14(19)12-7-20-13(6-16)18-12/h3-5,7,9H,6,16H2,1-2H3,(H,17,19). The van der Waals surface area contributed by atoms with E-state index in [1.165, 1.54) is 17.4 Å². The molecule has 1 aromatic heterocycles. The third-order valence-electron chi connectivity index (χ3n) is 3.00. The van der Waals surface area contributed by atoms with E-state index in [1.54, 1.807) is 31.4 Å². The Morgan fingerprint density at radius 2 is 2.30 bits per heavy atom. The summed E-state index contributed by atoms with van der Waals surface area (Å²) in [6.45, 7) is 3.82. The highest BCUT2D eigenvalue weighted by atomic mass is 32.1. The molecular formula is C14H16FN3OS. The Balaban J connectivity index is 2.08. The number of amides is 1. The van der Waals surface area contributed by atoms with Gasteiger partial charge in [0.1, 0.15) is 16.5 Å². The number of rotatable bonds is 4. The van der Waals surface area contributed by atoms with Gasteiger partial charge in [-0.15, -0.1) is 11.3 Å². The van der Waals surface area contributed by atoms with E-state index in [1.807, 2.05) is 0 Å². The number of aryl methyl sites for hydroxylation is 1. The third-order valence-corrected chi connectivity index (χ3v) is 3.87. The van der Waals surface area contributed by atoms with Crippen LogP contribution in [0.25, 0.3) is 0 Å². The minimum atomic E-state index is -0.291. The molecule has 2 rings (SSSR count). The lowest BCUT2D eigenvalue weighted by Crippen LogP contribution is -2.27. The topological polar surface area (TPSA) is 68.0 Å². The lowest BCUT2D eigenvalue weighted by Gasteiger charge is -2.14. The van der Waals surface area contributed by atoms with Gasteiger partial charge in [-0.05, 0) is 31.0 Å². The third kappa shape index (κ3) is 3.20. The molecule has 1 aromatic carbocycles. The summed E-state index contributed by atoms with van der Waals surface area (Å²) in [5, 5.41) is 5.17. The molecule has 106 valence electrons. The SMILES string of the molecule is Cc1ccc(C(C)NC(=O)c2csc(CN)n2)cc1F. The maximum absolute atomic E-state index is 13.5. The van der Waals surface area contributed by atoms with Gasteiger partial charge in [-0.3, -0.25) is 4.79 Å². The summed E-state index contributed by atoms with van der Waals surface area (Å²) < 4.78 is 13.5. The Labute approximate surface area is 120 Å². The van der Waals surface area contributed by atoms with E-state index < -0.39 is 0 Å². The van der Waals surface area contributed by atoms with E-state index in [9.17, 15) is 9.18 Å². The van der Waals surface area contributed by atoms with E-state index in [4.69, 9.17) is 5.73 Å². The summed E-state index contributed by atoms with van der Waals surface area (Å²) in [5.74, 6) is -0.558. The van der Waals surface area contributed by atoms with Crippen molar-refractivity contribution < 1.29 is 9.18 Å². The second-order valence-corrected chi connectivity index (χ2v) is 5.48. The highest BCUT2D eigenvalue weighted by Gasteiger charge is 2.15. The molecule has 2 aromatic rings. The summed E-state index contributed by atoms with van der Waals surface area (Å²) in [6.07, 6.45) is 0. The van der Waals surface area contributed by atoms with Crippen molar-refractivity contribution in [2.45, 2.75) is 26.4 Å². The first-order valence-corrected chi connectivity index (χ1v) is 7.10. The first-order chi connectivity index (χ1) is 9.51. The van der Waals surface area contributed by atoms with Crippen LogP contribution in [0.15, 0.2) is 23.6 Å². The highest BCUT2D eigenvalue weighted by Crippen LogP contribution is 2.17. The van der Waals surface area contributed by atoms with Crippen molar-refractivity contribution in [3.05, 3.63) is 51.2 Å². The molecule has 0 aliphatic heterocycles. The van der Waals surface area contributed by atoms with Crippen molar-refractivity contribution >= 4 is 17.2 Å². The lowest BCUT2D eigenvalue weighted by atomic mass is 10.1. The maximum atomic E-state index is 13.5. The van der Waals surface area contributed by atoms with Crippen molar-refractivity contribution in [1.29, 1.82) is 0 Å². The quantitative estimate of drug-likeness (QED) is 0.910. The van der Waals surface area contributed by atoms with E-state index in [0.717, 1.165) is 5.56 Å². The zero-order chi connectivity index (χ0) is 14.7. The molecule has 1 heterocycles. The van der Waals surface area contributed by atoms with Crippen LogP contribution >= 0.6 is 11.3 Å². The molecule has 0 spiro atoms. The Hall–Kier alpha value is -1.79. The van der Waals surface area contributed by atoms with Crippen LogP contribution in [-0.4, -0.2) is 10.9 Å². The summed E-state index contributed by atoms with van der Waals surface area (Å²) in [7, 11) is 0. The summed E-state index contributed by atoms with van der Waals surface area (Å²) in [4.78, 5) is 16.1. The van der Waals surface area contributed by atoms with E-state index in [2.05, 4.69) is 10.3 Å². The van der Waals surface area contributed by atoms with E-state index in [0.29, 0.717) is 22.8 Å². The van der Waals surface area contributed by atoms with Gasteiger partial charge in [0.25, 0.3) is 5.91 Å². The van der Waals surface area contributed by atoms with E-state index >= 15 is 0 Å². The molecule has 4 nitrogen and oxygen atoms in total. The zero-order valence-corrected chi connectivity index (χ0v) is 12.1. The Morgan fingerprint density at radius 1 is 1.55 bits per heavy atom. The van der Waals surface area contributed by atoms with Gasteiger partial charge in [-0.25, -0.2) is 9.37 Å². The van der Waals surface area contributed by atoms with Gasteiger partial charge in [0, 0.05) is 11.9 Å². The van der Waals surface area contributed by atoms with Gasteiger partial charge in [0.05, 0.1) is 6.04 Å². The van der Waals surface area contributed by atoms with Gasteiger partial charge >= 0.3 is 0 Å². The average molecular weight is 293 g/mol. The molecule has 1 amide bonds. The van der Waals surface area contributed by atoms with Crippen molar-refractivity contribution in [3.8, 4) is 0 Å². The Kier molecular flexibility index (Phi) is 4.46. The van der Waals surface area contributed by atoms with Crippen molar-refractivity contribution in [2.24, 2.45) is 5.73 Å². The number of halogens is 1. The predicted molar refractivity (Wildman–Crippen MR) is 77.0 cm³/mol. The second-order valence-electron chi connectivity index (χ2n) is 4.53. The monoisotopic (exact) mass is 293 g/mol. The number of nitrogens with one attached hydrogen (secondary N) is 1. The molecule has 0 aliphatic carbocycles. The zero-order valence-electron chi connectivity index (χ0n) is 11.3. The molecular weight excluding hydrogens is 277 g/mol. The van der Waals surface area contributed by atoms with Crippen molar-refractivity contribution in [1.82, 2.24) is 10.3 Å². The molecule has 3 N–H and O–H groups in total. The van der Waals surface area contributed by atoms with Crippen LogP contribution in [0.4, 0.5) is 4.39 Å². The summed E-state index contributed by atoms with van der Waals surface area (Å²) >= 11 is 1.35. The van der Waals surface area contributed by atoms with Crippen LogP contribution in [-0.2, 0) is 6.54 Å². The van der Waals surface area contributed by atoms with Crippen LogP contribution in [0.1, 0.15) is 39.6 Å². The molecule has 20 heavy (non-hydrogen) atoms. The predicted octanol–water partition coefficient (Wildman–Crippen LogP) is 2.54. The molecule has 1 unspecified atom stereocenters. The smallest absolute Gasteiger partial charge is 0.271 e. The number of hydrogen-bond donors (Lipinski definition) is 2. The molecule has 0 fully saturated rings. The summed E-state index contributed by atoms with van der Waals surface area (Å²) in [5.41, 5.74) is 7.10. The molecule has 0 bridgehead atoms. The number of carbonyl (C=O) groups is 1. The van der Waals surface area contributed by atoms with Gasteiger partial charge in [0.15, 0.2) is 0 Å². The molecule has 1 atom stereocenters. The largest absolute Gasteiger partial charge is 0.344 e. The van der Waals surface area contributed by atoms with Crippen LogP contribution < -0.4 is 11.1 Å². The fourth-order valence-corrected chi connectivity index (χ4v) is 2.40. The van der Waals surface area contributed by atoms with Crippen LogP contribution in [0.5, 0.6) is 0 Å². The first kappa shape index (κ1) is 14.6. The van der Waals surface area contributed by atoms with Gasteiger partial charge < -0.3 is 11.1 Å². The Bertz CT molecular complexity index is 627. The minimum Gasteiger partial charge on any atom is -0.344 e. The lowest BCUT2D eigenvalue weighted by molar-refractivity contribution is 0.0935. The number of hydrogen-bond acceptors (Lipinski definition) is 4. The van der Waals surface area contributed by atoms with E-state index in [-0.39, 0.29) is 17.8 Å². The number of nitrogens with zero attached hydrogens (tertiary/aromatic N) is 1. The van der Waals surface area contributed by atoms with Gasteiger partial charge in [-0.1, -0.05) is 12.1 Å². The number of benzene rings is 1. The van der Waals surface area contributed by atoms with Crippen LogP contribution in [0, 0.1) is 12.7 Å². The normalized spacial score (nSPS) is 12.2. The van der Waals surface area contributed by atoms with Gasteiger partial charge in [0.2, 0.25) is 0 Å². The highest BCUT2D eigenvalue weighted by molar-refractivity contribution is 7.09. The number of nitrogens with two attached hydrogens (primary N) is 1. The number of aromatic nitrogens is 1. The van der Waals surface area contributed by atoms with Crippen LogP contribution in [0.2, 0.25) is 0 Å². The fraction of sp³-hybridized carbons (Fsp3) is 0.286. The first-order valence-electron chi connectivity index (χ1n) is 6.22. The second kappa shape index (κ2) is 6.11. The van der Waals surface area contributed by atoms with Crippen molar-refractivity contribution in [3.63, 3.8) is 0 Å². The van der Waals surface area contributed by atoms with Crippen molar-refractivity contribution in [2.75, 3.05) is 0 Å². The Morgan fingerprint density at radius 3 is 2.90 bits per heavy atom. The fourth-order valence-electron chi connectivity index (χ4n) is 1.74. The number of carbonyl (C=O) groups excluding carboxylic acids is 1. The number of thiazole rings is 1. The van der Waals surface area contributed by atoms with Crippen LogP contribution in [0.3, 0.4) is 0 Å². The molecule has 0 radical (unpaired) electrons.